The molecule has 2 heteroatoms. The maximum atomic E-state index is 6.46. The van der Waals surface area contributed by atoms with Crippen molar-refractivity contribution in [2.45, 2.75) is 34.1 Å². The van der Waals surface area contributed by atoms with Crippen LogP contribution in [0.3, 0.4) is 0 Å². The SMILES string of the molecule is CCc1c(C)nc2cc(C)cc(C)c2c1Cl. The van der Waals surface area contributed by atoms with Crippen molar-refractivity contribution in [2.75, 3.05) is 0 Å². The van der Waals surface area contributed by atoms with Crippen LogP contribution in [0.2, 0.25) is 5.02 Å². The molecule has 84 valence electrons. The van der Waals surface area contributed by atoms with Crippen LogP contribution in [0.5, 0.6) is 0 Å². The zero-order chi connectivity index (χ0) is 11.9. The third-order valence-electron chi connectivity index (χ3n) is 3.02. The summed E-state index contributed by atoms with van der Waals surface area (Å²) in [4.78, 5) is 4.64. The zero-order valence-corrected chi connectivity index (χ0v) is 10.9. The first-order valence-electron chi connectivity index (χ1n) is 5.60. The molecule has 1 nitrogen and oxygen atoms in total. The maximum absolute atomic E-state index is 6.46. The van der Waals surface area contributed by atoms with Gasteiger partial charge in [0.2, 0.25) is 0 Å². The Kier molecular flexibility index (Phi) is 2.90. The van der Waals surface area contributed by atoms with Gasteiger partial charge < -0.3 is 0 Å². The summed E-state index contributed by atoms with van der Waals surface area (Å²) in [6.07, 6.45) is 0.931. The maximum Gasteiger partial charge on any atom is 0.0725 e. The molecule has 0 saturated heterocycles. The average molecular weight is 234 g/mol. The molecule has 0 unspecified atom stereocenters. The molecule has 0 N–H and O–H groups in total. The third-order valence-corrected chi connectivity index (χ3v) is 3.44. The number of aryl methyl sites for hydroxylation is 3. The number of rotatable bonds is 1. The highest BCUT2D eigenvalue weighted by Gasteiger charge is 2.11. The van der Waals surface area contributed by atoms with E-state index < -0.39 is 0 Å². The standard InChI is InChI=1S/C14H16ClN/c1-5-11-10(4)16-12-7-8(2)6-9(3)13(12)14(11)15/h6-7H,5H2,1-4H3. The quantitative estimate of drug-likeness (QED) is 0.713. The zero-order valence-electron chi connectivity index (χ0n) is 10.2. The first kappa shape index (κ1) is 11.4. The minimum Gasteiger partial charge on any atom is -0.253 e. The van der Waals surface area contributed by atoms with Gasteiger partial charge in [-0.15, -0.1) is 0 Å². The number of hydrogen-bond acceptors (Lipinski definition) is 1. The van der Waals surface area contributed by atoms with Crippen molar-refractivity contribution in [3.8, 4) is 0 Å². The summed E-state index contributed by atoms with van der Waals surface area (Å²) in [5, 5.41) is 1.98. The lowest BCUT2D eigenvalue weighted by Gasteiger charge is -2.11. The summed E-state index contributed by atoms with van der Waals surface area (Å²) < 4.78 is 0. The average Bonchev–Trinajstić information content (AvgIpc) is 2.15. The van der Waals surface area contributed by atoms with Crippen molar-refractivity contribution in [1.29, 1.82) is 0 Å². The van der Waals surface area contributed by atoms with Crippen LogP contribution >= 0.6 is 11.6 Å². The Labute approximate surface area is 101 Å². The second-order valence-electron chi connectivity index (χ2n) is 4.32. The predicted molar refractivity (Wildman–Crippen MR) is 70.3 cm³/mol. The Morgan fingerprint density at radius 1 is 1.19 bits per heavy atom. The topological polar surface area (TPSA) is 12.9 Å². The van der Waals surface area contributed by atoms with E-state index in [1.165, 1.54) is 16.7 Å². The molecule has 0 amide bonds. The van der Waals surface area contributed by atoms with Crippen LogP contribution in [0.15, 0.2) is 12.1 Å². The molecular formula is C14H16ClN. The van der Waals surface area contributed by atoms with Gasteiger partial charge in [-0.05, 0) is 49.9 Å². The van der Waals surface area contributed by atoms with Crippen LogP contribution in [0.25, 0.3) is 10.9 Å². The van der Waals surface area contributed by atoms with Crippen LogP contribution in [-0.4, -0.2) is 4.98 Å². The molecule has 0 aliphatic rings. The molecule has 0 aliphatic carbocycles. The van der Waals surface area contributed by atoms with Gasteiger partial charge in [-0.1, -0.05) is 24.6 Å². The van der Waals surface area contributed by atoms with E-state index in [-0.39, 0.29) is 0 Å². The smallest absolute Gasteiger partial charge is 0.0725 e. The molecule has 1 aromatic heterocycles. The van der Waals surface area contributed by atoms with Gasteiger partial charge in [0.15, 0.2) is 0 Å². The molecule has 0 aliphatic heterocycles. The van der Waals surface area contributed by atoms with Gasteiger partial charge in [-0.2, -0.15) is 0 Å². The van der Waals surface area contributed by atoms with Gasteiger partial charge in [0, 0.05) is 11.1 Å². The molecule has 2 aromatic rings. The summed E-state index contributed by atoms with van der Waals surface area (Å²) in [5.41, 5.74) is 5.67. The summed E-state index contributed by atoms with van der Waals surface area (Å²) in [5.74, 6) is 0. The molecule has 0 atom stereocenters. The van der Waals surface area contributed by atoms with E-state index in [9.17, 15) is 0 Å². The summed E-state index contributed by atoms with van der Waals surface area (Å²) in [6.45, 7) is 8.33. The Hall–Kier alpha value is -1.08. The van der Waals surface area contributed by atoms with Crippen molar-refractivity contribution in [2.24, 2.45) is 0 Å². The number of nitrogens with zero attached hydrogens (tertiary/aromatic N) is 1. The lowest BCUT2D eigenvalue weighted by molar-refractivity contribution is 1.07. The van der Waals surface area contributed by atoms with E-state index in [0.717, 1.165) is 28.0 Å². The highest BCUT2D eigenvalue weighted by atomic mass is 35.5. The summed E-state index contributed by atoms with van der Waals surface area (Å²) in [6, 6.07) is 4.26. The van der Waals surface area contributed by atoms with Crippen molar-refractivity contribution in [3.63, 3.8) is 0 Å². The molecule has 0 fully saturated rings. The van der Waals surface area contributed by atoms with Gasteiger partial charge in [0.05, 0.1) is 10.5 Å². The first-order valence-corrected chi connectivity index (χ1v) is 5.98. The lowest BCUT2D eigenvalue weighted by Crippen LogP contribution is -1.96. The number of halogens is 1. The Morgan fingerprint density at radius 3 is 2.50 bits per heavy atom. The first-order chi connectivity index (χ1) is 7.54. The number of pyridine rings is 1. The molecule has 1 aromatic carbocycles. The fourth-order valence-corrected chi connectivity index (χ4v) is 2.80. The minimum atomic E-state index is 0.877. The number of benzene rings is 1. The summed E-state index contributed by atoms with van der Waals surface area (Å²) in [7, 11) is 0. The highest BCUT2D eigenvalue weighted by molar-refractivity contribution is 6.36. The molecule has 0 saturated carbocycles. The fraction of sp³-hybridized carbons (Fsp3) is 0.357. The number of fused-ring (bicyclic) bond motifs is 1. The number of hydrogen-bond donors (Lipinski definition) is 0. The van der Waals surface area contributed by atoms with Gasteiger partial charge in [0.25, 0.3) is 0 Å². The number of aromatic nitrogens is 1. The molecule has 16 heavy (non-hydrogen) atoms. The Morgan fingerprint density at radius 2 is 1.88 bits per heavy atom. The van der Waals surface area contributed by atoms with Crippen LogP contribution in [0.1, 0.15) is 29.3 Å². The molecule has 2 rings (SSSR count). The Balaban J connectivity index is 2.93. The second-order valence-corrected chi connectivity index (χ2v) is 4.70. The highest BCUT2D eigenvalue weighted by Crippen LogP contribution is 2.31. The predicted octanol–water partition coefficient (Wildman–Crippen LogP) is 4.38. The minimum absolute atomic E-state index is 0.877. The van der Waals surface area contributed by atoms with Crippen LogP contribution in [0.4, 0.5) is 0 Å². The van der Waals surface area contributed by atoms with Crippen LogP contribution < -0.4 is 0 Å². The molecule has 0 bridgehead atoms. The van der Waals surface area contributed by atoms with E-state index in [0.29, 0.717) is 0 Å². The third kappa shape index (κ3) is 1.69. The molecule has 0 spiro atoms. The Bertz CT molecular complexity index is 558. The van der Waals surface area contributed by atoms with Crippen LogP contribution in [-0.2, 0) is 6.42 Å². The van der Waals surface area contributed by atoms with Crippen LogP contribution in [0, 0.1) is 20.8 Å². The van der Waals surface area contributed by atoms with Crippen molar-refractivity contribution in [1.82, 2.24) is 4.98 Å². The molecule has 0 radical (unpaired) electrons. The monoisotopic (exact) mass is 233 g/mol. The lowest BCUT2D eigenvalue weighted by atomic mass is 10.0. The largest absolute Gasteiger partial charge is 0.253 e. The van der Waals surface area contributed by atoms with Gasteiger partial charge in [-0.3, -0.25) is 4.98 Å². The van der Waals surface area contributed by atoms with E-state index in [1.807, 2.05) is 6.92 Å². The normalized spacial score (nSPS) is 11.1. The molecule has 1 heterocycles. The van der Waals surface area contributed by atoms with Gasteiger partial charge in [0.1, 0.15) is 0 Å². The van der Waals surface area contributed by atoms with Gasteiger partial charge in [-0.25, -0.2) is 0 Å². The van der Waals surface area contributed by atoms with Crippen molar-refractivity contribution >= 4 is 22.5 Å². The van der Waals surface area contributed by atoms with Crippen molar-refractivity contribution in [3.05, 3.63) is 39.5 Å². The van der Waals surface area contributed by atoms with E-state index in [4.69, 9.17) is 11.6 Å². The van der Waals surface area contributed by atoms with Crippen molar-refractivity contribution < 1.29 is 0 Å². The van der Waals surface area contributed by atoms with E-state index >= 15 is 0 Å². The fourth-order valence-electron chi connectivity index (χ4n) is 2.29. The second kappa shape index (κ2) is 4.06. The van der Waals surface area contributed by atoms with E-state index in [1.54, 1.807) is 0 Å². The van der Waals surface area contributed by atoms with E-state index in [2.05, 4.69) is 37.9 Å². The summed E-state index contributed by atoms with van der Waals surface area (Å²) >= 11 is 6.46. The van der Waals surface area contributed by atoms with Gasteiger partial charge >= 0.3 is 0 Å². The molecular weight excluding hydrogens is 218 g/mol.